The third-order valence-corrected chi connectivity index (χ3v) is 9.48. The average molecular weight is 405 g/mol. The first-order valence-corrected chi connectivity index (χ1v) is 12.9. The molecule has 0 aromatic heterocycles. The molecule has 6 rings (SSSR count). The third kappa shape index (κ3) is 3.85. The molecule has 5 aliphatic carbocycles. The van der Waals surface area contributed by atoms with E-state index in [-0.39, 0.29) is 11.1 Å². The van der Waals surface area contributed by atoms with E-state index in [1.165, 1.54) is 76.0 Å². The normalized spacial score (nSPS) is 41.6. The maximum Gasteiger partial charge on any atom is 0.281 e. The molecule has 6 aliphatic rings. The van der Waals surface area contributed by atoms with Gasteiger partial charge in [0, 0.05) is 30.8 Å². The number of carbonyl (C=O) groups excluding carboxylic acids is 2. The number of hydrogen-bond donors (Lipinski definition) is 1. The van der Waals surface area contributed by atoms with Gasteiger partial charge in [0.05, 0.1) is 0 Å². The van der Waals surface area contributed by atoms with Gasteiger partial charge in [-0.25, -0.2) is 0 Å². The lowest BCUT2D eigenvalue weighted by Gasteiger charge is -2.54. The van der Waals surface area contributed by atoms with Crippen molar-refractivity contribution in [2.24, 2.45) is 29.6 Å². The molecule has 6 fully saturated rings. The molecule has 4 bridgehead atoms. The number of nitrogens with zero attached hydrogens (tertiary/aromatic N) is 1. The Morgan fingerprint density at radius 2 is 1.54 bits per heavy atom. The van der Waals surface area contributed by atoms with Crippen molar-refractivity contribution >= 4 is 22.9 Å². The van der Waals surface area contributed by atoms with Crippen LogP contribution in [0, 0.1) is 29.6 Å². The highest BCUT2D eigenvalue weighted by molar-refractivity contribution is 8.13. The summed E-state index contributed by atoms with van der Waals surface area (Å²) < 4.78 is 0. The molecule has 1 aliphatic heterocycles. The molecule has 0 aromatic rings. The van der Waals surface area contributed by atoms with Crippen molar-refractivity contribution in [3.05, 3.63) is 0 Å². The summed E-state index contributed by atoms with van der Waals surface area (Å²) in [6.45, 7) is 0.924. The monoisotopic (exact) mass is 404 g/mol. The fourth-order valence-electron chi connectivity index (χ4n) is 7.58. The number of hydrogen-bond acceptors (Lipinski definition) is 3. The average Bonchev–Trinajstić information content (AvgIpc) is 2.69. The van der Waals surface area contributed by atoms with Gasteiger partial charge < -0.3 is 10.2 Å². The van der Waals surface area contributed by atoms with Crippen LogP contribution in [0.3, 0.4) is 0 Å². The molecule has 28 heavy (non-hydrogen) atoms. The number of nitrogens with one attached hydrogen (secondary N) is 1. The number of piperidine rings is 1. The Bertz CT molecular complexity index is 579. The summed E-state index contributed by atoms with van der Waals surface area (Å²) in [6, 6.07) is 0.899. The highest BCUT2D eigenvalue weighted by Crippen LogP contribution is 2.53. The number of amides is 2. The van der Waals surface area contributed by atoms with E-state index in [1.807, 2.05) is 0 Å². The first-order valence-electron chi connectivity index (χ1n) is 11.9. The number of fused-ring (bicyclic) bond motifs is 1. The maximum absolute atomic E-state index is 12.8. The van der Waals surface area contributed by atoms with Gasteiger partial charge in [-0.3, -0.25) is 9.59 Å². The molecule has 0 aromatic carbocycles. The van der Waals surface area contributed by atoms with Crippen LogP contribution in [0.4, 0.5) is 4.79 Å². The van der Waals surface area contributed by atoms with E-state index in [1.54, 1.807) is 0 Å². The van der Waals surface area contributed by atoms with E-state index in [4.69, 9.17) is 0 Å². The van der Waals surface area contributed by atoms with Crippen LogP contribution >= 0.6 is 11.8 Å². The largest absolute Gasteiger partial charge is 0.353 e. The zero-order valence-electron chi connectivity index (χ0n) is 17.1. The molecule has 0 spiro atoms. The highest BCUT2D eigenvalue weighted by atomic mass is 32.2. The van der Waals surface area contributed by atoms with Crippen molar-refractivity contribution in [2.75, 3.05) is 12.3 Å². The van der Waals surface area contributed by atoms with Crippen LogP contribution in [0.2, 0.25) is 0 Å². The summed E-state index contributed by atoms with van der Waals surface area (Å²) in [5, 5.41) is 3.60. The Labute approximate surface area is 173 Å². The van der Waals surface area contributed by atoms with Crippen molar-refractivity contribution in [1.82, 2.24) is 10.2 Å². The fourth-order valence-corrected chi connectivity index (χ4v) is 8.44. The predicted octanol–water partition coefficient (Wildman–Crippen LogP) is 4.83. The van der Waals surface area contributed by atoms with Crippen molar-refractivity contribution in [3.63, 3.8) is 0 Å². The number of likely N-dealkylation sites (tertiary alicyclic amines) is 1. The first-order chi connectivity index (χ1) is 13.7. The maximum atomic E-state index is 12.8. The van der Waals surface area contributed by atoms with Gasteiger partial charge in [0.15, 0.2) is 0 Å². The lowest BCUT2D eigenvalue weighted by atomic mass is 9.54. The van der Waals surface area contributed by atoms with Gasteiger partial charge in [-0.1, -0.05) is 24.6 Å². The Morgan fingerprint density at radius 3 is 2.29 bits per heavy atom. The Morgan fingerprint density at radius 1 is 0.857 bits per heavy atom. The smallest absolute Gasteiger partial charge is 0.281 e. The minimum atomic E-state index is 0.173. The molecule has 156 valence electrons. The second-order valence-electron chi connectivity index (χ2n) is 10.3. The quantitative estimate of drug-likeness (QED) is 0.730. The second-order valence-corrected chi connectivity index (χ2v) is 11.4. The van der Waals surface area contributed by atoms with E-state index in [0.717, 1.165) is 42.6 Å². The van der Waals surface area contributed by atoms with E-state index in [2.05, 4.69) is 10.2 Å². The molecule has 1 saturated heterocycles. The highest BCUT2D eigenvalue weighted by Gasteiger charge is 2.48. The standard InChI is InChI=1S/C23H36N2O2S/c26-21(24-22-18-11-15-10-16(13-18)14-19(22)12-15)7-9-28-23(27)25-8-3-5-17-4-1-2-6-20(17)25/h15-20,22H,1-14H2,(H,24,26). The fraction of sp³-hybridized carbons (Fsp3) is 0.913. The minimum Gasteiger partial charge on any atom is -0.353 e. The summed E-state index contributed by atoms with van der Waals surface area (Å²) in [4.78, 5) is 27.5. The summed E-state index contributed by atoms with van der Waals surface area (Å²) in [5.74, 6) is 4.87. The van der Waals surface area contributed by atoms with Crippen molar-refractivity contribution in [1.29, 1.82) is 0 Å². The molecule has 2 atom stereocenters. The number of rotatable bonds is 4. The summed E-state index contributed by atoms with van der Waals surface area (Å²) in [5.41, 5.74) is 0. The molecule has 4 nitrogen and oxygen atoms in total. The van der Waals surface area contributed by atoms with Crippen LogP contribution in [0.5, 0.6) is 0 Å². The van der Waals surface area contributed by atoms with Crippen molar-refractivity contribution in [2.45, 2.75) is 89.1 Å². The zero-order chi connectivity index (χ0) is 19.1. The topological polar surface area (TPSA) is 49.4 Å². The van der Waals surface area contributed by atoms with E-state index < -0.39 is 0 Å². The van der Waals surface area contributed by atoms with Gasteiger partial charge in [-0.2, -0.15) is 0 Å². The lowest BCUT2D eigenvalue weighted by molar-refractivity contribution is -0.124. The lowest BCUT2D eigenvalue weighted by Crippen LogP contribution is -2.55. The molecule has 2 unspecified atom stereocenters. The summed E-state index contributed by atoms with van der Waals surface area (Å²) in [7, 11) is 0. The van der Waals surface area contributed by atoms with Gasteiger partial charge in [0.1, 0.15) is 0 Å². The van der Waals surface area contributed by atoms with Gasteiger partial charge in [-0.15, -0.1) is 0 Å². The van der Waals surface area contributed by atoms with Crippen LogP contribution in [0.15, 0.2) is 0 Å². The van der Waals surface area contributed by atoms with Gasteiger partial charge in [0.25, 0.3) is 5.24 Å². The number of carbonyl (C=O) groups is 2. The third-order valence-electron chi connectivity index (χ3n) is 8.59. The van der Waals surface area contributed by atoms with E-state index in [0.29, 0.717) is 24.3 Å². The Kier molecular flexibility index (Phi) is 5.64. The van der Waals surface area contributed by atoms with Crippen molar-refractivity contribution in [3.8, 4) is 0 Å². The zero-order valence-corrected chi connectivity index (χ0v) is 17.9. The molecular weight excluding hydrogens is 368 g/mol. The minimum absolute atomic E-state index is 0.173. The van der Waals surface area contributed by atoms with Crippen LogP contribution in [0.1, 0.15) is 77.0 Å². The van der Waals surface area contributed by atoms with Crippen LogP contribution in [-0.2, 0) is 4.79 Å². The summed E-state index contributed by atoms with van der Waals surface area (Å²) >= 11 is 1.38. The van der Waals surface area contributed by atoms with E-state index >= 15 is 0 Å². The molecule has 5 heteroatoms. The van der Waals surface area contributed by atoms with Gasteiger partial charge in [-0.05, 0) is 87.4 Å². The predicted molar refractivity (Wildman–Crippen MR) is 113 cm³/mol. The molecule has 1 N–H and O–H groups in total. The molecule has 2 amide bonds. The number of thioether (sulfide) groups is 1. The van der Waals surface area contributed by atoms with Crippen molar-refractivity contribution < 1.29 is 9.59 Å². The first kappa shape index (κ1) is 19.3. The summed E-state index contributed by atoms with van der Waals surface area (Å²) in [6.07, 6.45) is 14.8. The Balaban J connectivity index is 1.07. The van der Waals surface area contributed by atoms with Crippen LogP contribution in [-0.4, -0.2) is 40.4 Å². The molecular formula is C23H36N2O2S. The molecule has 5 saturated carbocycles. The molecule has 1 heterocycles. The van der Waals surface area contributed by atoms with Crippen LogP contribution < -0.4 is 5.32 Å². The SMILES string of the molecule is O=C(CCSC(=O)N1CCCC2CCCCC21)NC1C2CC3CC(C2)CC1C3. The Hall–Kier alpha value is -0.710. The van der Waals surface area contributed by atoms with Gasteiger partial charge in [0.2, 0.25) is 5.91 Å². The molecule has 0 radical (unpaired) electrons. The second kappa shape index (κ2) is 8.20. The van der Waals surface area contributed by atoms with Gasteiger partial charge >= 0.3 is 0 Å². The van der Waals surface area contributed by atoms with E-state index in [9.17, 15) is 9.59 Å². The van der Waals surface area contributed by atoms with Crippen LogP contribution in [0.25, 0.3) is 0 Å².